The van der Waals surface area contributed by atoms with Crippen LogP contribution in [0.25, 0.3) is 0 Å². The molecule has 1 saturated carbocycles. The van der Waals surface area contributed by atoms with E-state index >= 15 is 0 Å². The highest BCUT2D eigenvalue weighted by Gasteiger charge is 2.56. The molecule has 192 valence electrons. The Hall–Kier alpha value is -4.17. The number of para-hydroxylation sites is 4. The molecule has 0 radical (unpaired) electrons. The number of nitrogens with one attached hydrogen (secondary N) is 2. The van der Waals surface area contributed by atoms with Gasteiger partial charge < -0.3 is 25.2 Å². The average Bonchev–Trinajstić information content (AvgIpc) is 2.88. The highest BCUT2D eigenvalue weighted by atomic mass is 16.5. The van der Waals surface area contributed by atoms with E-state index in [4.69, 9.17) is 9.47 Å². The number of Topliss-reactive ketones (excluding diaryl/α,β-unsaturated/α-hetero) is 1. The summed E-state index contributed by atoms with van der Waals surface area (Å²) in [6.07, 6.45) is -0.357. The Labute approximate surface area is 215 Å². The van der Waals surface area contributed by atoms with E-state index < -0.39 is 41.0 Å². The molecular formula is C29H30N2O6. The van der Waals surface area contributed by atoms with Crippen LogP contribution >= 0.6 is 0 Å². The third-order valence-corrected chi connectivity index (χ3v) is 6.75. The summed E-state index contributed by atoms with van der Waals surface area (Å²) in [5.41, 5.74) is -0.284. The summed E-state index contributed by atoms with van der Waals surface area (Å²) in [7, 11) is 2.98. The van der Waals surface area contributed by atoms with Gasteiger partial charge >= 0.3 is 0 Å². The highest BCUT2D eigenvalue weighted by molar-refractivity contribution is 6.11. The average molecular weight is 503 g/mol. The van der Waals surface area contributed by atoms with Gasteiger partial charge in [-0.15, -0.1) is 0 Å². The molecule has 37 heavy (non-hydrogen) atoms. The van der Waals surface area contributed by atoms with Gasteiger partial charge in [0.15, 0.2) is 0 Å². The van der Waals surface area contributed by atoms with Crippen LogP contribution in [0.5, 0.6) is 11.5 Å². The van der Waals surface area contributed by atoms with Gasteiger partial charge in [-0.3, -0.25) is 14.4 Å². The Bertz CT molecular complexity index is 1290. The van der Waals surface area contributed by atoms with Crippen molar-refractivity contribution in [2.75, 3.05) is 24.9 Å². The molecule has 8 nitrogen and oxygen atoms in total. The molecule has 0 aromatic heterocycles. The second kappa shape index (κ2) is 10.8. The lowest BCUT2D eigenvalue weighted by atomic mass is 9.61. The first-order valence-electron chi connectivity index (χ1n) is 11.9. The van der Waals surface area contributed by atoms with E-state index in [1.165, 1.54) is 21.1 Å². The number of carbonyl (C=O) groups is 3. The molecule has 4 rings (SSSR count). The first-order valence-corrected chi connectivity index (χ1v) is 11.9. The second-order valence-corrected chi connectivity index (χ2v) is 9.27. The third kappa shape index (κ3) is 5.34. The summed E-state index contributed by atoms with van der Waals surface area (Å²) in [5.74, 6) is -3.93. The molecule has 0 aliphatic heterocycles. The van der Waals surface area contributed by atoms with Crippen LogP contribution in [0.3, 0.4) is 0 Å². The number of methoxy groups -OCH3 is 2. The Kier molecular flexibility index (Phi) is 7.59. The first kappa shape index (κ1) is 25.9. The molecule has 2 amide bonds. The Morgan fingerprint density at radius 3 is 1.84 bits per heavy atom. The number of rotatable bonds is 7. The molecule has 0 saturated heterocycles. The summed E-state index contributed by atoms with van der Waals surface area (Å²) in [6, 6.07) is 22.6. The van der Waals surface area contributed by atoms with Crippen LogP contribution in [-0.2, 0) is 14.4 Å². The number of hydrogen-bond donors (Lipinski definition) is 3. The van der Waals surface area contributed by atoms with Gasteiger partial charge in [0.05, 0.1) is 37.1 Å². The lowest BCUT2D eigenvalue weighted by Crippen LogP contribution is -2.56. The van der Waals surface area contributed by atoms with Crippen LogP contribution in [0.15, 0.2) is 78.9 Å². The molecule has 3 aromatic rings. The monoisotopic (exact) mass is 502 g/mol. The van der Waals surface area contributed by atoms with E-state index in [0.29, 0.717) is 28.4 Å². The van der Waals surface area contributed by atoms with Gasteiger partial charge in [-0.1, -0.05) is 54.6 Å². The topological polar surface area (TPSA) is 114 Å². The van der Waals surface area contributed by atoms with E-state index in [-0.39, 0.29) is 6.42 Å². The van der Waals surface area contributed by atoms with Crippen LogP contribution in [-0.4, -0.2) is 42.5 Å². The van der Waals surface area contributed by atoms with Crippen molar-refractivity contribution in [1.29, 1.82) is 0 Å². The number of hydrogen-bond acceptors (Lipinski definition) is 6. The molecule has 0 spiro atoms. The summed E-state index contributed by atoms with van der Waals surface area (Å²) in [4.78, 5) is 40.8. The van der Waals surface area contributed by atoms with Crippen LogP contribution in [0.1, 0.15) is 24.8 Å². The van der Waals surface area contributed by atoms with Crippen molar-refractivity contribution in [2.24, 2.45) is 11.8 Å². The normalized spacial score (nSPS) is 23.1. The molecule has 0 bridgehead atoms. The van der Waals surface area contributed by atoms with Gasteiger partial charge in [-0.25, -0.2) is 0 Å². The summed E-state index contributed by atoms with van der Waals surface area (Å²) < 4.78 is 10.7. The van der Waals surface area contributed by atoms with Gasteiger partial charge in [-0.05, 0) is 36.8 Å². The quantitative estimate of drug-likeness (QED) is 0.421. The molecule has 0 heterocycles. The number of anilines is 2. The molecule has 0 unspecified atom stereocenters. The molecule has 3 N–H and O–H groups in total. The van der Waals surface area contributed by atoms with Crippen molar-refractivity contribution in [2.45, 2.75) is 24.9 Å². The Morgan fingerprint density at radius 2 is 1.30 bits per heavy atom. The van der Waals surface area contributed by atoms with Gasteiger partial charge in [-0.2, -0.15) is 0 Å². The molecule has 1 aliphatic rings. The second-order valence-electron chi connectivity index (χ2n) is 9.27. The van der Waals surface area contributed by atoms with Crippen molar-refractivity contribution < 1.29 is 29.0 Å². The van der Waals surface area contributed by atoms with Crippen molar-refractivity contribution in [1.82, 2.24) is 0 Å². The maximum atomic E-state index is 13.8. The van der Waals surface area contributed by atoms with E-state index in [1.807, 2.05) is 0 Å². The summed E-state index contributed by atoms with van der Waals surface area (Å²) >= 11 is 0. The van der Waals surface area contributed by atoms with E-state index in [1.54, 1.807) is 78.9 Å². The zero-order valence-corrected chi connectivity index (χ0v) is 20.9. The van der Waals surface area contributed by atoms with Crippen LogP contribution in [0, 0.1) is 11.8 Å². The van der Waals surface area contributed by atoms with Crippen LogP contribution < -0.4 is 20.1 Å². The Morgan fingerprint density at radius 1 is 0.811 bits per heavy atom. The molecular weight excluding hydrogens is 472 g/mol. The minimum Gasteiger partial charge on any atom is -0.495 e. The summed E-state index contributed by atoms with van der Waals surface area (Å²) in [6.45, 7) is 1.46. The highest BCUT2D eigenvalue weighted by Crippen LogP contribution is 2.47. The standard InChI is InChI=1S/C29H30N2O6/c1-29(35)17-21(32)25(27(33)30-19-13-7-9-15-22(19)36-2)24(18-11-5-4-6-12-18)26(29)28(34)31-20-14-8-10-16-23(20)37-3/h4-16,24-26,35H,17H2,1-3H3,(H,30,33)(H,31,34)/t24-,25-,26-,29+/m1/s1. The van der Waals surface area contributed by atoms with Gasteiger partial charge in [0.1, 0.15) is 23.2 Å². The number of carbonyl (C=O) groups excluding carboxylic acids is 3. The van der Waals surface area contributed by atoms with Gasteiger partial charge in [0, 0.05) is 12.3 Å². The molecule has 4 atom stereocenters. The molecule has 3 aromatic carbocycles. The number of amides is 2. The summed E-state index contributed by atoms with van der Waals surface area (Å²) in [5, 5.41) is 17.1. The van der Waals surface area contributed by atoms with Crippen molar-refractivity contribution in [3.05, 3.63) is 84.4 Å². The van der Waals surface area contributed by atoms with Gasteiger partial charge in [0.25, 0.3) is 0 Å². The maximum absolute atomic E-state index is 13.8. The minimum atomic E-state index is -1.70. The zero-order valence-electron chi connectivity index (χ0n) is 20.9. The third-order valence-electron chi connectivity index (χ3n) is 6.75. The van der Waals surface area contributed by atoms with Crippen LogP contribution in [0.2, 0.25) is 0 Å². The predicted octanol–water partition coefficient (Wildman–Crippen LogP) is 4.02. The number of aliphatic hydroxyl groups is 1. The largest absolute Gasteiger partial charge is 0.495 e. The number of benzene rings is 3. The predicted molar refractivity (Wildman–Crippen MR) is 140 cm³/mol. The SMILES string of the molecule is COc1ccccc1NC(=O)[C@@H]1C(=O)C[C@](C)(O)[C@@H](C(=O)Nc2ccccc2OC)[C@@H]1c1ccccc1. The Balaban J connectivity index is 1.76. The maximum Gasteiger partial charge on any atom is 0.235 e. The van der Waals surface area contributed by atoms with E-state index in [0.717, 1.165) is 0 Å². The first-order chi connectivity index (χ1) is 17.8. The fourth-order valence-electron chi connectivity index (χ4n) is 5.08. The minimum absolute atomic E-state index is 0.357. The lowest BCUT2D eigenvalue weighted by molar-refractivity contribution is -0.150. The molecule has 8 heteroatoms. The lowest BCUT2D eigenvalue weighted by Gasteiger charge is -2.44. The van der Waals surface area contributed by atoms with Crippen LogP contribution in [0.4, 0.5) is 11.4 Å². The van der Waals surface area contributed by atoms with Crippen molar-refractivity contribution in [3.63, 3.8) is 0 Å². The van der Waals surface area contributed by atoms with Crippen molar-refractivity contribution >= 4 is 29.0 Å². The number of ether oxygens (including phenoxy) is 2. The fourth-order valence-corrected chi connectivity index (χ4v) is 5.08. The fraction of sp³-hybridized carbons (Fsp3) is 0.276. The molecule has 1 aliphatic carbocycles. The van der Waals surface area contributed by atoms with Crippen molar-refractivity contribution in [3.8, 4) is 11.5 Å². The number of ketones is 1. The molecule has 1 fully saturated rings. The van der Waals surface area contributed by atoms with Gasteiger partial charge in [0.2, 0.25) is 11.8 Å². The zero-order chi connectivity index (χ0) is 26.6. The smallest absolute Gasteiger partial charge is 0.235 e. The van der Waals surface area contributed by atoms with E-state index in [9.17, 15) is 19.5 Å². The van der Waals surface area contributed by atoms with E-state index in [2.05, 4.69) is 10.6 Å².